The van der Waals surface area contributed by atoms with E-state index in [-0.39, 0.29) is 55.1 Å². The topological polar surface area (TPSA) is 77.8 Å². The molecule has 0 radical (unpaired) electrons. The zero-order valence-electron chi connectivity index (χ0n) is 2.20. The summed E-state index contributed by atoms with van der Waals surface area (Å²) < 4.78 is 8.88. The minimum atomic E-state index is -4.64. The maximum atomic E-state index is 8.88. The van der Waals surface area contributed by atoms with Crippen molar-refractivity contribution in [2.75, 3.05) is 0 Å². The van der Waals surface area contributed by atoms with Crippen LogP contribution in [0.25, 0.3) is 0 Å². The van der Waals surface area contributed by atoms with E-state index in [2.05, 4.69) is 0 Å². The molecule has 7 heavy (non-hydrogen) atoms. The first-order valence-corrected chi connectivity index (χ1v) is 2.35. The number of phosphoric acid groups is 1. The van der Waals surface area contributed by atoms with E-state index < -0.39 is 7.82 Å². The van der Waals surface area contributed by atoms with Crippen LogP contribution in [0.3, 0.4) is 0 Å². The predicted octanol–water partition coefficient (Wildman–Crippen LogP) is -3.03. The third kappa shape index (κ3) is 76.1. The van der Waals surface area contributed by atoms with Gasteiger partial charge in [0.05, 0.1) is 0 Å². The van der Waals surface area contributed by atoms with Gasteiger partial charge >= 0.3 is 45.6 Å². The quantitative estimate of drug-likeness (QED) is 0.267. The molecule has 42 valence electrons. The van der Waals surface area contributed by atoms with Crippen LogP contribution in [-0.2, 0) is 4.57 Å². The Morgan fingerprint density at radius 1 is 1.14 bits per heavy atom. The van der Waals surface area contributed by atoms with Gasteiger partial charge in [-0.05, 0) is 0 Å². The second-order valence-corrected chi connectivity index (χ2v) is 1.54. The first kappa shape index (κ1) is 16.0. The van der Waals surface area contributed by atoms with Gasteiger partial charge in [0.1, 0.15) is 0 Å². The Morgan fingerprint density at radius 3 is 1.14 bits per heavy atom. The summed E-state index contributed by atoms with van der Waals surface area (Å²) in [6, 6.07) is 0. The van der Waals surface area contributed by atoms with Crippen LogP contribution in [0.4, 0.5) is 0 Å². The van der Waals surface area contributed by atoms with Crippen molar-refractivity contribution in [1.82, 2.24) is 0 Å². The third-order valence-corrected chi connectivity index (χ3v) is 0. The van der Waals surface area contributed by atoms with Crippen LogP contribution in [0.1, 0.15) is 0 Å². The molecule has 0 unspecified atom stereocenters. The predicted molar refractivity (Wildman–Crippen MR) is 32.7 cm³/mol. The van der Waals surface area contributed by atoms with Gasteiger partial charge in [-0.25, -0.2) is 4.57 Å². The zero-order chi connectivity index (χ0) is 4.50. The van der Waals surface area contributed by atoms with Gasteiger partial charge in [0.2, 0.25) is 0 Å². The zero-order valence-corrected chi connectivity index (χ0v) is 3.09. The molecule has 7 heteroatoms. The first-order valence-electron chi connectivity index (χ1n) is 0.783. The molecule has 0 aromatic heterocycles. The monoisotopic (exact) mass is 170 g/mol. The standard InChI is InChI=1S/Al.Ca.H3O4P.5H/c;;1-5(2,3)4;;;;;/h;;(H3,1,2,3,4);;;;;. The summed E-state index contributed by atoms with van der Waals surface area (Å²) in [6.45, 7) is 0. The van der Waals surface area contributed by atoms with Crippen molar-refractivity contribution in [2.45, 2.75) is 0 Å². The number of hydrogen-bond acceptors (Lipinski definition) is 1. The molecule has 0 aliphatic carbocycles. The molecule has 4 nitrogen and oxygen atoms in total. The van der Waals surface area contributed by atoms with Crippen molar-refractivity contribution in [2.24, 2.45) is 0 Å². The average Bonchev–Trinajstić information content (AvgIpc) is 0.722. The molecule has 0 aromatic rings. The molecule has 0 fully saturated rings. The van der Waals surface area contributed by atoms with Crippen LogP contribution < -0.4 is 0 Å². The SMILES string of the molecule is O=P(O)(O)O.[AlH3].[CaH2]. The summed E-state index contributed by atoms with van der Waals surface area (Å²) in [5.74, 6) is 0. The summed E-state index contributed by atoms with van der Waals surface area (Å²) in [7, 11) is -4.64. The van der Waals surface area contributed by atoms with E-state index in [1.165, 1.54) is 0 Å². The minimum absolute atomic E-state index is 0. The van der Waals surface area contributed by atoms with Gasteiger partial charge < -0.3 is 14.7 Å². The molecule has 0 spiro atoms. The molecule has 0 heterocycles. The third-order valence-electron chi connectivity index (χ3n) is 0. The molecule has 0 rings (SSSR count). The molecule has 0 saturated carbocycles. The van der Waals surface area contributed by atoms with Gasteiger partial charge in [-0.3, -0.25) is 0 Å². The summed E-state index contributed by atoms with van der Waals surface area (Å²) in [6.07, 6.45) is 0. The van der Waals surface area contributed by atoms with Crippen LogP contribution in [0.2, 0.25) is 0 Å². The van der Waals surface area contributed by atoms with Crippen molar-refractivity contribution in [1.29, 1.82) is 0 Å². The summed E-state index contributed by atoms with van der Waals surface area (Å²) >= 11 is 0. The van der Waals surface area contributed by atoms with Gasteiger partial charge in [0.25, 0.3) is 0 Å². The Hall–Kier alpha value is 1.90. The number of hydrogen-bond donors (Lipinski definition) is 3. The van der Waals surface area contributed by atoms with Crippen LogP contribution in [0.5, 0.6) is 0 Å². The molecule has 0 atom stereocenters. The van der Waals surface area contributed by atoms with Crippen molar-refractivity contribution in [3.63, 3.8) is 0 Å². The molecular formula is H8AlCaO4P. The van der Waals surface area contributed by atoms with Crippen molar-refractivity contribution >= 4 is 62.9 Å². The summed E-state index contributed by atoms with van der Waals surface area (Å²) in [5, 5.41) is 0. The Morgan fingerprint density at radius 2 is 1.14 bits per heavy atom. The molecule has 0 amide bonds. The van der Waals surface area contributed by atoms with Gasteiger partial charge in [0.15, 0.2) is 17.4 Å². The number of rotatable bonds is 0. The van der Waals surface area contributed by atoms with Crippen LogP contribution in [0.15, 0.2) is 0 Å². The van der Waals surface area contributed by atoms with E-state index in [9.17, 15) is 0 Å². The van der Waals surface area contributed by atoms with E-state index >= 15 is 0 Å². The van der Waals surface area contributed by atoms with Gasteiger partial charge in [0, 0.05) is 0 Å². The van der Waals surface area contributed by atoms with Crippen LogP contribution >= 0.6 is 7.82 Å². The maximum absolute atomic E-state index is 8.88. The van der Waals surface area contributed by atoms with Crippen molar-refractivity contribution in [3.05, 3.63) is 0 Å². The molecule has 3 N–H and O–H groups in total. The summed E-state index contributed by atoms with van der Waals surface area (Å²) in [5.41, 5.74) is 0. The van der Waals surface area contributed by atoms with Gasteiger partial charge in [-0.2, -0.15) is 0 Å². The molecule has 0 saturated heterocycles. The van der Waals surface area contributed by atoms with E-state index in [0.717, 1.165) is 0 Å². The van der Waals surface area contributed by atoms with Gasteiger partial charge in [-0.1, -0.05) is 0 Å². The second-order valence-electron chi connectivity index (χ2n) is 0.513. The van der Waals surface area contributed by atoms with E-state index in [1.54, 1.807) is 0 Å². The summed E-state index contributed by atoms with van der Waals surface area (Å²) in [4.78, 5) is 21.6. The van der Waals surface area contributed by atoms with Crippen LogP contribution in [0, 0.1) is 0 Å². The molecule has 0 aliphatic heterocycles. The second kappa shape index (κ2) is 6.03. The van der Waals surface area contributed by atoms with Gasteiger partial charge in [-0.15, -0.1) is 0 Å². The molecule has 0 aliphatic rings. The Bertz CT molecular complexity index is 57.8. The average molecular weight is 170 g/mol. The normalized spacial score (nSPS) is 8.43. The fourth-order valence-electron chi connectivity index (χ4n) is 0. The first-order chi connectivity index (χ1) is 2.00. The Kier molecular flexibility index (Phi) is 13.7. The van der Waals surface area contributed by atoms with Crippen molar-refractivity contribution in [3.8, 4) is 0 Å². The molecular weight excluding hydrogens is 162 g/mol. The molecule has 0 aromatic carbocycles. The van der Waals surface area contributed by atoms with E-state index in [0.29, 0.717) is 0 Å². The molecule has 0 bridgehead atoms. The van der Waals surface area contributed by atoms with Crippen molar-refractivity contribution < 1.29 is 19.2 Å². The van der Waals surface area contributed by atoms with E-state index in [4.69, 9.17) is 19.2 Å². The Balaban J connectivity index is -0.0000000800. The van der Waals surface area contributed by atoms with E-state index in [1.807, 2.05) is 0 Å². The van der Waals surface area contributed by atoms with Crippen LogP contribution in [-0.4, -0.2) is 69.8 Å². The Labute approximate surface area is 81.3 Å². The fourth-order valence-corrected chi connectivity index (χ4v) is 0. The fraction of sp³-hybridized carbons (Fsp3) is 0.